The number of hydrogen-bond donors (Lipinski definition) is 0. The molecule has 6 rings (SSSR count). The molecule has 2 heterocycles. The molecule has 3 nitrogen and oxygen atoms in total. The summed E-state index contributed by atoms with van der Waals surface area (Å²) in [6.45, 7) is 8.32. The molecule has 0 N–H and O–H groups in total. The molecule has 0 bridgehead atoms. The van der Waals surface area contributed by atoms with E-state index in [0.717, 1.165) is 44.1 Å². The SMILES string of the molecule is CC1(C)OB(c2ccc3oc4c(-c5ccccc5)cc(-c5ccccc5)cc4c3c2)OC1(C)C. The molecule has 0 saturated carbocycles. The van der Waals surface area contributed by atoms with Crippen LogP contribution in [0.25, 0.3) is 44.2 Å². The Kier molecular flexibility index (Phi) is 4.74. The molecule has 0 atom stereocenters. The zero-order valence-electron chi connectivity index (χ0n) is 20.0. The van der Waals surface area contributed by atoms with Gasteiger partial charge < -0.3 is 13.7 Å². The van der Waals surface area contributed by atoms with Gasteiger partial charge in [-0.3, -0.25) is 0 Å². The first-order valence-corrected chi connectivity index (χ1v) is 11.8. The van der Waals surface area contributed by atoms with Crippen LogP contribution >= 0.6 is 0 Å². The fourth-order valence-electron chi connectivity index (χ4n) is 4.65. The standard InChI is InChI=1S/C30H27BO3/c1-29(2)30(3,4)34-31(33-29)23-15-16-27-25(19-23)26-18-22(20-11-7-5-8-12-20)17-24(28(26)32-27)21-13-9-6-10-14-21/h5-19H,1-4H3. The topological polar surface area (TPSA) is 31.6 Å². The maximum Gasteiger partial charge on any atom is 0.494 e. The van der Waals surface area contributed by atoms with Gasteiger partial charge in [0.15, 0.2) is 0 Å². The highest BCUT2D eigenvalue weighted by Crippen LogP contribution is 2.40. The van der Waals surface area contributed by atoms with E-state index in [0.29, 0.717) is 0 Å². The van der Waals surface area contributed by atoms with Gasteiger partial charge in [-0.15, -0.1) is 0 Å². The Labute approximate surface area is 200 Å². The second-order valence-electron chi connectivity index (χ2n) is 10.1. The molecule has 1 aromatic heterocycles. The maximum absolute atomic E-state index is 6.45. The minimum atomic E-state index is -0.412. The van der Waals surface area contributed by atoms with Crippen LogP contribution in [0.5, 0.6) is 0 Å². The quantitative estimate of drug-likeness (QED) is 0.274. The lowest BCUT2D eigenvalue weighted by Crippen LogP contribution is -2.41. The van der Waals surface area contributed by atoms with Crippen LogP contribution in [0.1, 0.15) is 27.7 Å². The van der Waals surface area contributed by atoms with E-state index in [1.807, 2.05) is 24.3 Å². The van der Waals surface area contributed by atoms with Gasteiger partial charge in [-0.2, -0.15) is 0 Å². The lowest BCUT2D eigenvalue weighted by Gasteiger charge is -2.32. The summed E-state index contributed by atoms with van der Waals surface area (Å²) in [7, 11) is -0.412. The smallest absolute Gasteiger partial charge is 0.455 e. The monoisotopic (exact) mass is 446 g/mol. The fraction of sp³-hybridized carbons (Fsp3) is 0.200. The van der Waals surface area contributed by atoms with Gasteiger partial charge in [0, 0.05) is 16.3 Å². The highest BCUT2D eigenvalue weighted by Gasteiger charge is 2.51. The van der Waals surface area contributed by atoms with E-state index in [4.69, 9.17) is 13.7 Å². The molecule has 1 fully saturated rings. The number of furan rings is 1. The lowest BCUT2D eigenvalue weighted by molar-refractivity contribution is 0.00578. The second-order valence-corrected chi connectivity index (χ2v) is 10.1. The normalized spacial score (nSPS) is 17.0. The van der Waals surface area contributed by atoms with Gasteiger partial charge in [-0.1, -0.05) is 72.8 Å². The van der Waals surface area contributed by atoms with Crippen molar-refractivity contribution in [2.24, 2.45) is 0 Å². The van der Waals surface area contributed by atoms with Crippen LogP contribution in [-0.2, 0) is 9.31 Å². The van der Waals surface area contributed by atoms with Crippen molar-refractivity contribution in [3.8, 4) is 22.3 Å². The van der Waals surface area contributed by atoms with E-state index in [1.165, 1.54) is 5.56 Å². The Bertz CT molecular complexity index is 1480. The molecule has 4 heteroatoms. The zero-order chi connectivity index (χ0) is 23.5. The van der Waals surface area contributed by atoms with Crippen molar-refractivity contribution < 1.29 is 13.7 Å². The molecule has 0 radical (unpaired) electrons. The van der Waals surface area contributed by atoms with E-state index < -0.39 is 7.12 Å². The van der Waals surface area contributed by atoms with Crippen molar-refractivity contribution in [2.45, 2.75) is 38.9 Å². The molecule has 168 valence electrons. The van der Waals surface area contributed by atoms with Gasteiger partial charge in [0.25, 0.3) is 0 Å². The molecule has 1 aliphatic heterocycles. The third-order valence-electron chi connectivity index (χ3n) is 7.31. The number of hydrogen-bond acceptors (Lipinski definition) is 3. The summed E-state index contributed by atoms with van der Waals surface area (Å²) in [4.78, 5) is 0. The molecule has 4 aromatic carbocycles. The molecule has 1 saturated heterocycles. The average molecular weight is 446 g/mol. The Morgan fingerprint density at radius 2 is 1.21 bits per heavy atom. The summed E-state index contributed by atoms with van der Waals surface area (Å²) in [5, 5.41) is 2.16. The van der Waals surface area contributed by atoms with Crippen LogP contribution < -0.4 is 5.46 Å². The molecule has 1 aliphatic rings. The third-order valence-corrected chi connectivity index (χ3v) is 7.31. The van der Waals surface area contributed by atoms with Gasteiger partial charge in [-0.05, 0) is 68.0 Å². The molecular formula is C30H27BO3. The van der Waals surface area contributed by atoms with Gasteiger partial charge in [0.05, 0.1) is 11.2 Å². The van der Waals surface area contributed by atoms with Gasteiger partial charge >= 0.3 is 7.12 Å². The van der Waals surface area contributed by atoms with Crippen LogP contribution in [0.3, 0.4) is 0 Å². The second kappa shape index (κ2) is 7.59. The van der Waals surface area contributed by atoms with Crippen LogP contribution in [-0.4, -0.2) is 18.3 Å². The molecule has 0 spiro atoms. The van der Waals surface area contributed by atoms with Crippen molar-refractivity contribution in [2.75, 3.05) is 0 Å². The predicted molar refractivity (Wildman–Crippen MR) is 140 cm³/mol. The summed E-state index contributed by atoms with van der Waals surface area (Å²) in [6, 6.07) is 31.6. The fourth-order valence-corrected chi connectivity index (χ4v) is 4.65. The zero-order valence-corrected chi connectivity index (χ0v) is 20.0. The summed E-state index contributed by atoms with van der Waals surface area (Å²) < 4.78 is 19.1. The molecule has 5 aromatic rings. The maximum atomic E-state index is 6.45. The summed E-state index contributed by atoms with van der Waals surface area (Å²) in [5.74, 6) is 0. The van der Waals surface area contributed by atoms with Gasteiger partial charge in [-0.25, -0.2) is 0 Å². The van der Waals surface area contributed by atoms with Crippen LogP contribution in [0, 0.1) is 0 Å². The van der Waals surface area contributed by atoms with Crippen molar-refractivity contribution in [1.82, 2.24) is 0 Å². The summed E-state index contributed by atoms with van der Waals surface area (Å²) in [5.41, 5.74) is 6.55. The first kappa shape index (κ1) is 21.2. The number of fused-ring (bicyclic) bond motifs is 3. The Hall–Kier alpha value is -3.34. The number of benzene rings is 4. The van der Waals surface area contributed by atoms with Crippen molar-refractivity contribution in [3.63, 3.8) is 0 Å². The van der Waals surface area contributed by atoms with E-state index in [2.05, 4.69) is 94.4 Å². The van der Waals surface area contributed by atoms with Gasteiger partial charge in [0.2, 0.25) is 0 Å². The van der Waals surface area contributed by atoms with Crippen LogP contribution in [0.4, 0.5) is 0 Å². The van der Waals surface area contributed by atoms with E-state index in [9.17, 15) is 0 Å². The molecule has 34 heavy (non-hydrogen) atoms. The lowest BCUT2D eigenvalue weighted by atomic mass is 9.78. The van der Waals surface area contributed by atoms with Crippen LogP contribution in [0.15, 0.2) is 95.4 Å². The van der Waals surface area contributed by atoms with E-state index >= 15 is 0 Å². The molecule has 0 aliphatic carbocycles. The molecule has 0 amide bonds. The van der Waals surface area contributed by atoms with E-state index in [1.54, 1.807) is 0 Å². The minimum Gasteiger partial charge on any atom is -0.455 e. The minimum absolute atomic E-state index is 0.383. The first-order valence-electron chi connectivity index (χ1n) is 11.8. The van der Waals surface area contributed by atoms with Crippen LogP contribution in [0.2, 0.25) is 0 Å². The Balaban J connectivity index is 1.57. The number of rotatable bonds is 3. The Morgan fingerprint density at radius 3 is 1.85 bits per heavy atom. The predicted octanol–water partition coefficient (Wildman–Crippen LogP) is 7.22. The average Bonchev–Trinajstić information content (AvgIpc) is 3.32. The van der Waals surface area contributed by atoms with Crippen molar-refractivity contribution in [3.05, 3.63) is 91.0 Å². The summed E-state index contributed by atoms with van der Waals surface area (Å²) in [6.07, 6.45) is 0. The highest BCUT2D eigenvalue weighted by molar-refractivity contribution is 6.62. The van der Waals surface area contributed by atoms with E-state index in [-0.39, 0.29) is 11.2 Å². The third kappa shape index (κ3) is 3.37. The molecule has 0 unspecified atom stereocenters. The first-order chi connectivity index (χ1) is 16.3. The van der Waals surface area contributed by atoms with Crippen molar-refractivity contribution >= 4 is 34.5 Å². The largest absolute Gasteiger partial charge is 0.494 e. The molecular weight excluding hydrogens is 419 g/mol. The van der Waals surface area contributed by atoms with Crippen molar-refractivity contribution in [1.29, 1.82) is 0 Å². The highest BCUT2D eigenvalue weighted by atomic mass is 16.7. The van der Waals surface area contributed by atoms with Gasteiger partial charge in [0.1, 0.15) is 11.2 Å². The summed E-state index contributed by atoms with van der Waals surface area (Å²) >= 11 is 0. The Morgan fingerprint density at radius 1 is 0.588 bits per heavy atom.